The molecule has 0 saturated carbocycles. The van der Waals surface area contributed by atoms with Crippen LogP contribution in [0.2, 0.25) is 0 Å². The normalized spacial score (nSPS) is 24.9. The lowest BCUT2D eigenvalue weighted by atomic mass is 9.96. The molecule has 0 spiro atoms. The molecule has 1 fully saturated rings. The lowest BCUT2D eigenvalue weighted by molar-refractivity contribution is 0.147. The Balaban J connectivity index is 2.32. The lowest BCUT2D eigenvalue weighted by Crippen LogP contribution is -2.48. The van der Waals surface area contributed by atoms with Crippen LogP contribution >= 0.6 is 0 Å². The predicted octanol–water partition coefficient (Wildman–Crippen LogP) is 2.64. The summed E-state index contributed by atoms with van der Waals surface area (Å²) in [6, 6.07) is 0. The topological polar surface area (TPSA) is 35.5 Å². The fourth-order valence-electron chi connectivity index (χ4n) is 3.20. The van der Waals surface area contributed by atoms with Crippen molar-refractivity contribution in [3.05, 3.63) is 0 Å². The quantitative estimate of drug-likeness (QED) is 0.712. The number of rotatable bonds is 8. The van der Waals surface area contributed by atoms with Crippen LogP contribution in [0.25, 0.3) is 0 Å². The SMILES string of the molecule is CCCC1CCCN(CCC(C)(CO)NCC)CC1. The molecule has 114 valence electrons. The average Bonchev–Trinajstić information content (AvgIpc) is 2.63. The van der Waals surface area contributed by atoms with Crippen LogP contribution < -0.4 is 5.32 Å². The number of hydrogen-bond acceptors (Lipinski definition) is 3. The summed E-state index contributed by atoms with van der Waals surface area (Å²) in [6.07, 6.45) is 7.89. The Kier molecular flexibility index (Phi) is 7.96. The molecule has 0 radical (unpaired) electrons. The molecule has 1 saturated heterocycles. The third kappa shape index (κ3) is 6.24. The van der Waals surface area contributed by atoms with Crippen LogP contribution in [0.15, 0.2) is 0 Å². The number of likely N-dealkylation sites (tertiary alicyclic amines) is 1. The van der Waals surface area contributed by atoms with E-state index in [9.17, 15) is 5.11 Å². The van der Waals surface area contributed by atoms with Gasteiger partial charge >= 0.3 is 0 Å². The van der Waals surface area contributed by atoms with Crippen molar-refractivity contribution in [1.82, 2.24) is 10.2 Å². The highest BCUT2D eigenvalue weighted by atomic mass is 16.3. The maximum absolute atomic E-state index is 9.53. The minimum Gasteiger partial charge on any atom is -0.394 e. The third-order valence-corrected chi connectivity index (χ3v) is 4.57. The molecule has 0 amide bonds. The second-order valence-electron chi connectivity index (χ2n) is 6.43. The van der Waals surface area contributed by atoms with E-state index in [1.54, 1.807) is 0 Å². The molecule has 3 nitrogen and oxygen atoms in total. The number of likely N-dealkylation sites (N-methyl/N-ethyl adjacent to an activating group) is 1. The van der Waals surface area contributed by atoms with Gasteiger partial charge in [0.1, 0.15) is 0 Å². The van der Waals surface area contributed by atoms with E-state index in [1.165, 1.54) is 45.2 Å². The molecule has 19 heavy (non-hydrogen) atoms. The highest BCUT2D eigenvalue weighted by Gasteiger charge is 2.23. The first-order valence-corrected chi connectivity index (χ1v) is 8.21. The van der Waals surface area contributed by atoms with Crippen molar-refractivity contribution >= 4 is 0 Å². The van der Waals surface area contributed by atoms with E-state index < -0.39 is 0 Å². The van der Waals surface area contributed by atoms with Crippen LogP contribution in [-0.2, 0) is 0 Å². The molecule has 0 aromatic carbocycles. The van der Waals surface area contributed by atoms with E-state index >= 15 is 0 Å². The minimum absolute atomic E-state index is 0.107. The van der Waals surface area contributed by atoms with Crippen molar-refractivity contribution in [2.45, 2.75) is 64.8 Å². The number of hydrogen-bond donors (Lipinski definition) is 2. The smallest absolute Gasteiger partial charge is 0.0611 e. The van der Waals surface area contributed by atoms with Crippen molar-refractivity contribution < 1.29 is 5.11 Å². The van der Waals surface area contributed by atoms with Crippen LogP contribution in [0, 0.1) is 5.92 Å². The standard InChI is InChI=1S/C16H34N2O/c1-4-7-15-8-6-11-18(12-9-15)13-10-16(3,14-19)17-5-2/h15,17,19H,4-14H2,1-3H3. The molecule has 2 N–H and O–H groups in total. The number of aliphatic hydroxyl groups excluding tert-OH is 1. The summed E-state index contributed by atoms with van der Waals surface area (Å²) in [5.74, 6) is 0.952. The van der Waals surface area contributed by atoms with Gasteiger partial charge in [0.15, 0.2) is 0 Å². The summed E-state index contributed by atoms with van der Waals surface area (Å²) in [7, 11) is 0. The first-order chi connectivity index (χ1) is 9.13. The van der Waals surface area contributed by atoms with Gasteiger partial charge in [0, 0.05) is 5.54 Å². The zero-order valence-electron chi connectivity index (χ0n) is 13.2. The molecule has 0 aliphatic carbocycles. The van der Waals surface area contributed by atoms with E-state index in [1.807, 2.05) is 0 Å². The van der Waals surface area contributed by atoms with E-state index in [-0.39, 0.29) is 12.1 Å². The van der Waals surface area contributed by atoms with Crippen molar-refractivity contribution in [2.75, 3.05) is 32.8 Å². The second kappa shape index (κ2) is 8.93. The molecular formula is C16H34N2O. The van der Waals surface area contributed by atoms with Gasteiger partial charge in [-0.2, -0.15) is 0 Å². The summed E-state index contributed by atoms with van der Waals surface area (Å²) in [5.41, 5.74) is -0.107. The first kappa shape index (κ1) is 16.9. The zero-order chi connectivity index (χ0) is 14.1. The number of nitrogens with one attached hydrogen (secondary N) is 1. The van der Waals surface area contributed by atoms with Crippen LogP contribution in [-0.4, -0.2) is 48.3 Å². The molecule has 3 heteroatoms. The Morgan fingerprint density at radius 2 is 2.05 bits per heavy atom. The van der Waals surface area contributed by atoms with Crippen LogP contribution in [0.3, 0.4) is 0 Å². The molecular weight excluding hydrogens is 236 g/mol. The zero-order valence-corrected chi connectivity index (χ0v) is 13.2. The van der Waals surface area contributed by atoms with Crippen molar-refractivity contribution in [1.29, 1.82) is 0 Å². The van der Waals surface area contributed by atoms with Crippen molar-refractivity contribution in [3.8, 4) is 0 Å². The van der Waals surface area contributed by atoms with Crippen LogP contribution in [0.5, 0.6) is 0 Å². The Labute approximate surface area is 119 Å². The minimum atomic E-state index is -0.107. The van der Waals surface area contributed by atoms with Crippen molar-refractivity contribution in [3.63, 3.8) is 0 Å². The Morgan fingerprint density at radius 1 is 1.26 bits per heavy atom. The van der Waals surface area contributed by atoms with Gasteiger partial charge in [-0.05, 0) is 64.7 Å². The highest BCUT2D eigenvalue weighted by Crippen LogP contribution is 2.22. The first-order valence-electron chi connectivity index (χ1n) is 8.21. The van der Waals surface area contributed by atoms with E-state index in [0.29, 0.717) is 0 Å². The summed E-state index contributed by atoms with van der Waals surface area (Å²) < 4.78 is 0. The van der Waals surface area contributed by atoms with Gasteiger partial charge < -0.3 is 15.3 Å². The van der Waals surface area contributed by atoms with Gasteiger partial charge in [-0.3, -0.25) is 0 Å². The maximum atomic E-state index is 9.53. The Morgan fingerprint density at radius 3 is 2.68 bits per heavy atom. The third-order valence-electron chi connectivity index (χ3n) is 4.57. The van der Waals surface area contributed by atoms with Gasteiger partial charge in [0.2, 0.25) is 0 Å². The largest absolute Gasteiger partial charge is 0.394 e. The maximum Gasteiger partial charge on any atom is 0.0611 e. The van der Waals surface area contributed by atoms with Gasteiger partial charge in [-0.15, -0.1) is 0 Å². The molecule has 1 aliphatic heterocycles. The monoisotopic (exact) mass is 270 g/mol. The number of aliphatic hydroxyl groups is 1. The molecule has 1 heterocycles. The van der Waals surface area contributed by atoms with Crippen LogP contribution in [0.1, 0.15) is 59.3 Å². The summed E-state index contributed by atoms with van der Waals surface area (Å²) in [5, 5.41) is 12.9. The van der Waals surface area contributed by atoms with E-state index in [2.05, 4.69) is 31.0 Å². The fraction of sp³-hybridized carbons (Fsp3) is 1.00. The molecule has 2 unspecified atom stereocenters. The molecule has 0 aromatic rings. The van der Waals surface area contributed by atoms with Gasteiger partial charge in [-0.1, -0.05) is 26.7 Å². The molecule has 1 rings (SSSR count). The Bertz CT molecular complexity index is 235. The molecule has 2 atom stereocenters. The van der Waals surface area contributed by atoms with Gasteiger partial charge in [0.25, 0.3) is 0 Å². The highest BCUT2D eigenvalue weighted by molar-refractivity contribution is 4.83. The average molecular weight is 270 g/mol. The fourth-order valence-corrected chi connectivity index (χ4v) is 3.20. The predicted molar refractivity (Wildman–Crippen MR) is 82.5 cm³/mol. The molecule has 1 aliphatic rings. The van der Waals surface area contributed by atoms with Crippen LogP contribution in [0.4, 0.5) is 0 Å². The van der Waals surface area contributed by atoms with Gasteiger partial charge in [-0.25, -0.2) is 0 Å². The van der Waals surface area contributed by atoms with Gasteiger partial charge in [0.05, 0.1) is 6.61 Å². The summed E-state index contributed by atoms with van der Waals surface area (Å²) in [4.78, 5) is 2.60. The van der Waals surface area contributed by atoms with E-state index in [0.717, 1.165) is 25.4 Å². The number of nitrogens with zero attached hydrogens (tertiary/aromatic N) is 1. The van der Waals surface area contributed by atoms with E-state index in [4.69, 9.17) is 0 Å². The summed E-state index contributed by atoms with van der Waals surface area (Å²) >= 11 is 0. The second-order valence-corrected chi connectivity index (χ2v) is 6.43. The van der Waals surface area contributed by atoms with Crippen molar-refractivity contribution in [2.24, 2.45) is 5.92 Å². The Hall–Kier alpha value is -0.120. The lowest BCUT2D eigenvalue weighted by Gasteiger charge is -2.31. The molecule has 0 bridgehead atoms. The molecule has 0 aromatic heterocycles. The summed E-state index contributed by atoms with van der Waals surface area (Å²) in [6.45, 7) is 11.3.